The van der Waals surface area contributed by atoms with Crippen LogP contribution in [0.4, 0.5) is 0 Å². The second kappa shape index (κ2) is 6.78. The van der Waals surface area contributed by atoms with E-state index in [0.29, 0.717) is 5.88 Å². The van der Waals surface area contributed by atoms with Crippen LogP contribution in [0.2, 0.25) is 0 Å². The number of hydrogen-bond donors (Lipinski definition) is 0. The fourth-order valence-corrected chi connectivity index (χ4v) is 2.36. The van der Waals surface area contributed by atoms with E-state index in [1.54, 1.807) is 7.11 Å². The highest BCUT2D eigenvalue weighted by atomic mass is 35.5. The molecule has 0 radical (unpaired) electrons. The Balaban J connectivity index is 2.30. The first-order chi connectivity index (χ1) is 9.31. The molecule has 1 aromatic heterocycles. The Kier molecular flexibility index (Phi) is 5.05. The third-order valence-electron chi connectivity index (χ3n) is 3.03. The lowest BCUT2D eigenvalue weighted by Crippen LogP contribution is -2.05. The highest BCUT2D eigenvalue weighted by Gasteiger charge is 2.12. The molecular formula is C14H19ClN2O2. The van der Waals surface area contributed by atoms with Crippen molar-refractivity contribution in [3.8, 4) is 5.75 Å². The number of imidazole rings is 1. The molecule has 0 aliphatic carbocycles. The topological polar surface area (TPSA) is 36.3 Å². The van der Waals surface area contributed by atoms with E-state index in [9.17, 15) is 0 Å². The third-order valence-corrected chi connectivity index (χ3v) is 3.27. The van der Waals surface area contributed by atoms with Crippen LogP contribution in [-0.4, -0.2) is 29.9 Å². The summed E-state index contributed by atoms with van der Waals surface area (Å²) in [6.07, 6.45) is 0.945. The van der Waals surface area contributed by atoms with Gasteiger partial charge in [0.25, 0.3) is 0 Å². The summed E-state index contributed by atoms with van der Waals surface area (Å²) in [7, 11) is 1.66. The summed E-state index contributed by atoms with van der Waals surface area (Å²) >= 11 is 5.98. The Morgan fingerprint density at radius 1 is 1.37 bits per heavy atom. The number of para-hydroxylation sites is 1. The molecule has 2 rings (SSSR count). The Labute approximate surface area is 118 Å². The number of aryl methyl sites for hydroxylation is 1. The average molecular weight is 283 g/mol. The van der Waals surface area contributed by atoms with E-state index in [1.807, 2.05) is 25.1 Å². The molecule has 0 aliphatic heterocycles. The van der Waals surface area contributed by atoms with Crippen LogP contribution in [0.3, 0.4) is 0 Å². The Hall–Kier alpha value is -1.26. The van der Waals surface area contributed by atoms with Crippen LogP contribution in [0.15, 0.2) is 18.2 Å². The number of benzene rings is 1. The zero-order chi connectivity index (χ0) is 13.7. The monoisotopic (exact) mass is 282 g/mol. The van der Waals surface area contributed by atoms with E-state index < -0.39 is 0 Å². The first-order valence-corrected chi connectivity index (χ1v) is 7.01. The molecule has 0 spiro atoms. The molecule has 1 heterocycles. The zero-order valence-corrected chi connectivity index (χ0v) is 12.1. The van der Waals surface area contributed by atoms with Gasteiger partial charge in [-0.2, -0.15) is 0 Å². The van der Waals surface area contributed by atoms with Gasteiger partial charge in [-0.1, -0.05) is 6.07 Å². The van der Waals surface area contributed by atoms with Crippen molar-refractivity contribution in [3.05, 3.63) is 24.0 Å². The summed E-state index contributed by atoms with van der Waals surface area (Å²) in [6, 6.07) is 5.93. The van der Waals surface area contributed by atoms with Crippen molar-refractivity contribution in [1.82, 2.24) is 9.55 Å². The molecule has 4 nitrogen and oxygen atoms in total. The van der Waals surface area contributed by atoms with Gasteiger partial charge in [0.1, 0.15) is 17.1 Å². The van der Waals surface area contributed by atoms with Gasteiger partial charge in [-0.3, -0.25) is 0 Å². The van der Waals surface area contributed by atoms with E-state index in [2.05, 4.69) is 9.55 Å². The number of ether oxygens (including phenoxy) is 2. The van der Waals surface area contributed by atoms with Crippen LogP contribution in [0.5, 0.6) is 5.75 Å². The molecule has 104 valence electrons. The fourth-order valence-electron chi connectivity index (χ4n) is 2.15. The van der Waals surface area contributed by atoms with Crippen LogP contribution in [0, 0.1) is 0 Å². The van der Waals surface area contributed by atoms with Gasteiger partial charge in [0.15, 0.2) is 0 Å². The van der Waals surface area contributed by atoms with Gasteiger partial charge in [0.2, 0.25) is 0 Å². The van der Waals surface area contributed by atoms with Gasteiger partial charge < -0.3 is 14.0 Å². The Bertz CT molecular complexity index is 539. The minimum Gasteiger partial charge on any atom is -0.494 e. The number of aromatic nitrogens is 2. The maximum Gasteiger partial charge on any atom is 0.146 e. The Morgan fingerprint density at radius 3 is 2.89 bits per heavy atom. The van der Waals surface area contributed by atoms with Gasteiger partial charge in [-0.25, -0.2) is 4.98 Å². The van der Waals surface area contributed by atoms with Crippen LogP contribution in [0.25, 0.3) is 11.0 Å². The number of halogens is 1. The minimum absolute atomic E-state index is 0.395. The summed E-state index contributed by atoms with van der Waals surface area (Å²) in [4.78, 5) is 4.57. The molecule has 0 bridgehead atoms. The smallest absolute Gasteiger partial charge is 0.146 e. The molecule has 19 heavy (non-hydrogen) atoms. The quantitative estimate of drug-likeness (QED) is 0.578. The number of nitrogens with zero attached hydrogens (tertiary/aromatic N) is 2. The summed E-state index contributed by atoms with van der Waals surface area (Å²) in [5, 5.41) is 0. The van der Waals surface area contributed by atoms with E-state index >= 15 is 0 Å². The maximum absolute atomic E-state index is 5.98. The number of fused-ring (bicyclic) bond motifs is 1. The van der Waals surface area contributed by atoms with Crippen molar-refractivity contribution >= 4 is 22.6 Å². The number of hydrogen-bond acceptors (Lipinski definition) is 3. The van der Waals surface area contributed by atoms with E-state index in [-0.39, 0.29) is 0 Å². The first-order valence-electron chi connectivity index (χ1n) is 6.47. The standard InChI is InChI=1S/C14H19ClN2O2/c1-3-19-9-5-8-17-11-6-4-7-12(18-2)14(11)16-13(17)10-15/h4,6-7H,3,5,8-10H2,1-2H3. The van der Waals surface area contributed by atoms with Gasteiger partial charge in [-0.05, 0) is 25.5 Å². The highest BCUT2D eigenvalue weighted by molar-refractivity contribution is 6.16. The molecule has 5 heteroatoms. The van der Waals surface area contributed by atoms with E-state index in [4.69, 9.17) is 21.1 Å². The van der Waals surface area contributed by atoms with Crippen molar-refractivity contribution in [3.63, 3.8) is 0 Å². The van der Waals surface area contributed by atoms with Crippen LogP contribution < -0.4 is 4.74 Å². The van der Waals surface area contributed by atoms with E-state index in [0.717, 1.165) is 48.8 Å². The predicted octanol–water partition coefficient (Wildman–Crippen LogP) is 3.21. The molecular weight excluding hydrogens is 264 g/mol. The molecule has 0 unspecified atom stereocenters. The summed E-state index contributed by atoms with van der Waals surface area (Å²) in [6.45, 7) is 4.36. The van der Waals surface area contributed by atoms with Crippen molar-refractivity contribution in [2.24, 2.45) is 0 Å². The maximum atomic E-state index is 5.98. The normalized spacial score (nSPS) is 11.1. The van der Waals surface area contributed by atoms with Gasteiger partial charge in [0, 0.05) is 19.8 Å². The minimum atomic E-state index is 0.395. The van der Waals surface area contributed by atoms with Gasteiger partial charge in [0.05, 0.1) is 18.5 Å². The SMILES string of the molecule is CCOCCCn1c(CCl)nc2c(OC)cccc21. The van der Waals surface area contributed by atoms with Crippen molar-refractivity contribution < 1.29 is 9.47 Å². The molecule has 0 N–H and O–H groups in total. The molecule has 0 amide bonds. The van der Waals surface area contributed by atoms with Crippen molar-refractivity contribution in [1.29, 1.82) is 0 Å². The molecule has 0 fully saturated rings. The number of methoxy groups -OCH3 is 1. The molecule has 0 saturated heterocycles. The molecule has 1 aromatic carbocycles. The lowest BCUT2D eigenvalue weighted by molar-refractivity contribution is 0.142. The van der Waals surface area contributed by atoms with Crippen LogP contribution in [0.1, 0.15) is 19.2 Å². The van der Waals surface area contributed by atoms with Crippen molar-refractivity contribution in [2.45, 2.75) is 25.8 Å². The first kappa shape index (κ1) is 14.2. The molecule has 2 aromatic rings. The zero-order valence-electron chi connectivity index (χ0n) is 11.4. The second-order valence-corrected chi connectivity index (χ2v) is 4.46. The van der Waals surface area contributed by atoms with Gasteiger partial charge >= 0.3 is 0 Å². The van der Waals surface area contributed by atoms with Crippen LogP contribution in [-0.2, 0) is 17.2 Å². The number of rotatable bonds is 7. The molecule has 0 atom stereocenters. The molecule has 0 saturated carbocycles. The predicted molar refractivity (Wildman–Crippen MR) is 77.0 cm³/mol. The lowest BCUT2D eigenvalue weighted by atomic mass is 10.3. The van der Waals surface area contributed by atoms with Gasteiger partial charge in [-0.15, -0.1) is 11.6 Å². The van der Waals surface area contributed by atoms with Crippen molar-refractivity contribution in [2.75, 3.05) is 20.3 Å². The largest absolute Gasteiger partial charge is 0.494 e. The highest BCUT2D eigenvalue weighted by Crippen LogP contribution is 2.26. The average Bonchev–Trinajstić information content (AvgIpc) is 2.81. The third kappa shape index (κ3) is 3.01. The van der Waals surface area contributed by atoms with Crippen LogP contribution >= 0.6 is 11.6 Å². The number of alkyl halides is 1. The Morgan fingerprint density at radius 2 is 2.21 bits per heavy atom. The lowest BCUT2D eigenvalue weighted by Gasteiger charge is -2.08. The summed E-state index contributed by atoms with van der Waals surface area (Å²) in [5.41, 5.74) is 1.93. The summed E-state index contributed by atoms with van der Waals surface area (Å²) in [5.74, 6) is 2.05. The van der Waals surface area contributed by atoms with E-state index in [1.165, 1.54) is 0 Å². The second-order valence-electron chi connectivity index (χ2n) is 4.19. The fraction of sp³-hybridized carbons (Fsp3) is 0.500. The summed E-state index contributed by atoms with van der Waals surface area (Å²) < 4.78 is 12.9. The molecule has 0 aliphatic rings.